The molecule has 1 aromatic heterocycles. The first-order chi connectivity index (χ1) is 11.3. The number of benzene rings is 2. The van der Waals surface area contributed by atoms with Gasteiger partial charge in [-0.3, -0.25) is 0 Å². The molecule has 1 aliphatic heterocycles. The SMILES string of the molecule is COc1cc(OC)c2c(c1)[nH]c1c3c(c(OC)cc12)OCCO3. The number of nitrogens with one attached hydrogen (secondary N) is 1. The van der Waals surface area contributed by atoms with Gasteiger partial charge in [0.05, 0.1) is 32.4 Å². The molecule has 0 saturated heterocycles. The van der Waals surface area contributed by atoms with E-state index < -0.39 is 0 Å². The number of hydrogen-bond acceptors (Lipinski definition) is 5. The summed E-state index contributed by atoms with van der Waals surface area (Å²) < 4.78 is 27.9. The molecule has 4 rings (SSSR count). The van der Waals surface area contributed by atoms with Crippen molar-refractivity contribution >= 4 is 21.8 Å². The second kappa shape index (κ2) is 5.15. The van der Waals surface area contributed by atoms with Crippen LogP contribution in [0.1, 0.15) is 0 Å². The molecule has 23 heavy (non-hydrogen) atoms. The zero-order valence-electron chi connectivity index (χ0n) is 13.2. The lowest BCUT2D eigenvalue weighted by Gasteiger charge is -2.21. The predicted molar refractivity (Wildman–Crippen MR) is 86.5 cm³/mol. The molecule has 2 aromatic carbocycles. The van der Waals surface area contributed by atoms with Crippen LogP contribution in [0, 0.1) is 0 Å². The first kappa shape index (κ1) is 13.9. The highest BCUT2D eigenvalue weighted by molar-refractivity contribution is 6.14. The average Bonchev–Trinajstić information content (AvgIpc) is 2.98. The van der Waals surface area contributed by atoms with E-state index in [1.165, 1.54) is 0 Å². The van der Waals surface area contributed by atoms with Gasteiger partial charge in [-0.25, -0.2) is 0 Å². The fraction of sp³-hybridized carbons (Fsp3) is 0.294. The minimum Gasteiger partial charge on any atom is -0.497 e. The van der Waals surface area contributed by atoms with E-state index in [0.29, 0.717) is 30.5 Å². The van der Waals surface area contributed by atoms with E-state index >= 15 is 0 Å². The summed E-state index contributed by atoms with van der Waals surface area (Å²) in [5, 5.41) is 1.92. The Morgan fingerprint density at radius 2 is 1.61 bits per heavy atom. The standard InChI is InChI=1S/C17H17NO5/c1-19-9-6-11-14(12(7-9)20-2)10-8-13(21-3)16-17(15(10)18-11)23-5-4-22-16/h6-8,18H,4-5H2,1-3H3. The summed E-state index contributed by atoms with van der Waals surface area (Å²) in [6, 6.07) is 5.73. The van der Waals surface area contributed by atoms with E-state index in [9.17, 15) is 0 Å². The molecule has 0 saturated carbocycles. The van der Waals surface area contributed by atoms with E-state index in [4.69, 9.17) is 23.7 Å². The summed E-state index contributed by atoms with van der Waals surface area (Å²) in [7, 11) is 4.89. The Morgan fingerprint density at radius 1 is 0.870 bits per heavy atom. The van der Waals surface area contributed by atoms with E-state index in [1.54, 1.807) is 21.3 Å². The smallest absolute Gasteiger partial charge is 0.205 e. The summed E-state index contributed by atoms with van der Waals surface area (Å²) in [6.45, 7) is 1.01. The summed E-state index contributed by atoms with van der Waals surface area (Å²) >= 11 is 0. The molecule has 1 aliphatic rings. The van der Waals surface area contributed by atoms with Gasteiger partial charge in [0.15, 0.2) is 11.5 Å². The van der Waals surface area contributed by atoms with Crippen LogP contribution in [-0.4, -0.2) is 39.5 Å². The summed E-state index contributed by atoms with van der Waals surface area (Å²) in [4.78, 5) is 3.39. The van der Waals surface area contributed by atoms with Crippen LogP contribution in [0.2, 0.25) is 0 Å². The van der Waals surface area contributed by atoms with Gasteiger partial charge in [0.25, 0.3) is 0 Å². The van der Waals surface area contributed by atoms with Gasteiger partial charge in [0.1, 0.15) is 24.7 Å². The number of aromatic nitrogens is 1. The Balaban J connectivity index is 2.13. The maximum atomic E-state index is 5.83. The van der Waals surface area contributed by atoms with Crippen molar-refractivity contribution in [1.82, 2.24) is 4.98 Å². The van der Waals surface area contributed by atoms with E-state index in [2.05, 4.69) is 4.98 Å². The van der Waals surface area contributed by atoms with E-state index in [1.807, 2.05) is 18.2 Å². The van der Waals surface area contributed by atoms with Gasteiger partial charge < -0.3 is 28.7 Å². The minimum absolute atomic E-state index is 0.505. The third kappa shape index (κ3) is 1.94. The van der Waals surface area contributed by atoms with Crippen LogP contribution < -0.4 is 23.7 Å². The fourth-order valence-electron chi connectivity index (χ4n) is 3.03. The maximum absolute atomic E-state index is 5.83. The van der Waals surface area contributed by atoms with Crippen LogP contribution >= 0.6 is 0 Å². The van der Waals surface area contributed by atoms with Crippen LogP contribution in [0.4, 0.5) is 0 Å². The molecule has 0 spiro atoms. The third-order valence-corrected chi connectivity index (χ3v) is 4.06. The van der Waals surface area contributed by atoms with Crippen molar-refractivity contribution in [2.45, 2.75) is 0 Å². The van der Waals surface area contributed by atoms with Crippen molar-refractivity contribution in [2.75, 3.05) is 34.5 Å². The predicted octanol–water partition coefficient (Wildman–Crippen LogP) is 3.12. The lowest BCUT2D eigenvalue weighted by molar-refractivity contribution is 0.167. The third-order valence-electron chi connectivity index (χ3n) is 4.06. The van der Waals surface area contributed by atoms with Crippen molar-refractivity contribution in [1.29, 1.82) is 0 Å². The largest absolute Gasteiger partial charge is 0.497 e. The molecule has 0 aliphatic carbocycles. The Morgan fingerprint density at radius 3 is 2.30 bits per heavy atom. The highest BCUT2D eigenvalue weighted by atomic mass is 16.6. The molecular weight excluding hydrogens is 298 g/mol. The van der Waals surface area contributed by atoms with Gasteiger partial charge in [0, 0.05) is 22.9 Å². The van der Waals surface area contributed by atoms with Crippen LogP contribution in [0.25, 0.3) is 21.8 Å². The molecule has 0 fully saturated rings. The molecule has 0 amide bonds. The number of H-pyrrole nitrogens is 1. The van der Waals surface area contributed by atoms with E-state index in [0.717, 1.165) is 33.3 Å². The Bertz CT molecular complexity index is 899. The lowest BCUT2D eigenvalue weighted by atomic mass is 10.1. The Hall–Kier alpha value is -2.76. The summed E-state index contributed by atoms with van der Waals surface area (Å²) in [5.41, 5.74) is 1.77. The molecular formula is C17H17NO5. The molecule has 6 nitrogen and oxygen atoms in total. The second-order valence-corrected chi connectivity index (χ2v) is 5.23. The second-order valence-electron chi connectivity index (χ2n) is 5.23. The average molecular weight is 315 g/mol. The first-order valence-electron chi connectivity index (χ1n) is 7.30. The van der Waals surface area contributed by atoms with Crippen molar-refractivity contribution in [3.63, 3.8) is 0 Å². The van der Waals surface area contributed by atoms with Gasteiger partial charge in [-0.05, 0) is 6.07 Å². The maximum Gasteiger partial charge on any atom is 0.205 e. The van der Waals surface area contributed by atoms with Gasteiger partial charge in [-0.2, -0.15) is 0 Å². The first-order valence-corrected chi connectivity index (χ1v) is 7.30. The van der Waals surface area contributed by atoms with E-state index in [-0.39, 0.29) is 0 Å². The van der Waals surface area contributed by atoms with Crippen LogP contribution in [0.15, 0.2) is 18.2 Å². The van der Waals surface area contributed by atoms with Crippen LogP contribution in [0.3, 0.4) is 0 Å². The number of fused-ring (bicyclic) bond motifs is 5. The number of methoxy groups -OCH3 is 3. The van der Waals surface area contributed by atoms with Crippen LogP contribution in [0.5, 0.6) is 28.7 Å². The fourth-order valence-corrected chi connectivity index (χ4v) is 3.03. The van der Waals surface area contributed by atoms with Crippen molar-refractivity contribution in [3.05, 3.63) is 18.2 Å². The van der Waals surface area contributed by atoms with Crippen molar-refractivity contribution < 1.29 is 23.7 Å². The molecule has 6 heteroatoms. The molecule has 0 atom stereocenters. The number of hydrogen-bond donors (Lipinski definition) is 1. The highest BCUT2D eigenvalue weighted by Gasteiger charge is 2.24. The minimum atomic E-state index is 0.505. The normalized spacial score (nSPS) is 13.3. The summed E-state index contributed by atoms with van der Waals surface area (Å²) in [5.74, 6) is 3.39. The number of ether oxygens (including phenoxy) is 5. The van der Waals surface area contributed by atoms with Gasteiger partial charge in [0.2, 0.25) is 5.75 Å². The monoisotopic (exact) mass is 315 g/mol. The molecule has 0 radical (unpaired) electrons. The molecule has 120 valence electrons. The molecule has 1 N–H and O–H groups in total. The highest BCUT2D eigenvalue weighted by Crippen LogP contribution is 2.48. The Kier molecular flexibility index (Phi) is 3.11. The van der Waals surface area contributed by atoms with Gasteiger partial charge in [-0.1, -0.05) is 0 Å². The molecule has 3 aromatic rings. The van der Waals surface area contributed by atoms with Crippen molar-refractivity contribution in [2.24, 2.45) is 0 Å². The molecule has 0 unspecified atom stereocenters. The quantitative estimate of drug-likeness (QED) is 0.804. The van der Waals surface area contributed by atoms with Crippen molar-refractivity contribution in [3.8, 4) is 28.7 Å². The number of rotatable bonds is 3. The topological polar surface area (TPSA) is 61.9 Å². The van der Waals surface area contributed by atoms with Crippen LogP contribution in [-0.2, 0) is 0 Å². The zero-order chi connectivity index (χ0) is 16.0. The molecule has 2 heterocycles. The van der Waals surface area contributed by atoms with Gasteiger partial charge in [-0.15, -0.1) is 0 Å². The Labute approximate surface area is 132 Å². The number of aromatic amines is 1. The van der Waals surface area contributed by atoms with Gasteiger partial charge >= 0.3 is 0 Å². The lowest BCUT2D eigenvalue weighted by Crippen LogP contribution is -2.16. The summed E-state index contributed by atoms with van der Waals surface area (Å²) in [6.07, 6.45) is 0. The molecule has 0 bridgehead atoms. The zero-order valence-corrected chi connectivity index (χ0v) is 13.2.